The number of ether oxygens (including phenoxy) is 1. The molecular formula is C20H26N2O3S. The first-order valence-corrected chi connectivity index (χ1v) is 10.3. The van der Waals surface area contributed by atoms with E-state index in [0.717, 1.165) is 25.2 Å². The molecule has 0 radical (unpaired) electrons. The van der Waals surface area contributed by atoms with Crippen LogP contribution in [0.15, 0.2) is 47.4 Å². The van der Waals surface area contributed by atoms with Crippen molar-refractivity contribution in [3.63, 3.8) is 0 Å². The van der Waals surface area contributed by atoms with E-state index in [4.69, 9.17) is 4.74 Å². The number of rotatable bonds is 5. The van der Waals surface area contributed by atoms with Crippen LogP contribution in [0.25, 0.3) is 0 Å². The Kier molecular flexibility index (Phi) is 5.65. The number of aryl methyl sites for hydroxylation is 2. The minimum Gasteiger partial charge on any atom is -0.495 e. The average molecular weight is 375 g/mol. The highest BCUT2D eigenvalue weighted by atomic mass is 32.2. The van der Waals surface area contributed by atoms with Gasteiger partial charge in [-0.1, -0.05) is 35.9 Å². The molecule has 1 aliphatic heterocycles. The van der Waals surface area contributed by atoms with E-state index in [9.17, 15) is 8.42 Å². The summed E-state index contributed by atoms with van der Waals surface area (Å²) < 4.78 is 32.9. The molecule has 3 rings (SSSR count). The Labute approximate surface area is 156 Å². The molecule has 1 heterocycles. The second kappa shape index (κ2) is 7.78. The lowest BCUT2D eigenvalue weighted by atomic mass is 10.1. The predicted octanol–water partition coefficient (Wildman–Crippen LogP) is 2.82. The molecule has 0 aromatic heterocycles. The molecule has 0 unspecified atom stereocenters. The van der Waals surface area contributed by atoms with E-state index in [0.29, 0.717) is 18.8 Å². The summed E-state index contributed by atoms with van der Waals surface area (Å²) in [6.07, 6.45) is 0. The standard InChI is InChI=1S/C20H26N2O3S/c1-16-4-7-18(8-5-16)15-21-10-12-22(13-11-21)26(23,24)20-14-17(2)6-9-19(20)25-3/h4-9,14H,10-13,15H2,1-3H3. The zero-order valence-corrected chi connectivity index (χ0v) is 16.4. The zero-order chi connectivity index (χ0) is 18.7. The number of methoxy groups -OCH3 is 1. The highest BCUT2D eigenvalue weighted by Gasteiger charge is 2.30. The fourth-order valence-electron chi connectivity index (χ4n) is 3.20. The normalized spacial score (nSPS) is 16.6. The van der Waals surface area contributed by atoms with Crippen molar-refractivity contribution in [1.29, 1.82) is 0 Å². The third kappa shape index (κ3) is 4.09. The Morgan fingerprint density at radius 2 is 1.54 bits per heavy atom. The highest BCUT2D eigenvalue weighted by Crippen LogP contribution is 2.28. The van der Waals surface area contributed by atoms with Crippen molar-refractivity contribution in [2.24, 2.45) is 0 Å². The monoisotopic (exact) mass is 374 g/mol. The number of hydrogen-bond acceptors (Lipinski definition) is 4. The number of benzene rings is 2. The summed E-state index contributed by atoms with van der Waals surface area (Å²) in [6.45, 7) is 7.24. The van der Waals surface area contributed by atoms with Crippen molar-refractivity contribution in [3.8, 4) is 5.75 Å². The van der Waals surface area contributed by atoms with E-state index in [1.165, 1.54) is 18.2 Å². The van der Waals surface area contributed by atoms with Gasteiger partial charge >= 0.3 is 0 Å². The van der Waals surface area contributed by atoms with Gasteiger partial charge in [-0.15, -0.1) is 0 Å². The second-order valence-electron chi connectivity index (χ2n) is 6.82. The molecule has 5 nitrogen and oxygen atoms in total. The fraction of sp³-hybridized carbons (Fsp3) is 0.400. The molecule has 0 spiro atoms. The molecule has 1 aliphatic rings. The van der Waals surface area contributed by atoms with Gasteiger partial charge in [0.2, 0.25) is 10.0 Å². The summed E-state index contributed by atoms with van der Waals surface area (Å²) >= 11 is 0. The van der Waals surface area contributed by atoms with Crippen molar-refractivity contribution in [1.82, 2.24) is 9.21 Å². The molecule has 0 saturated carbocycles. The van der Waals surface area contributed by atoms with Gasteiger partial charge in [-0.3, -0.25) is 4.90 Å². The van der Waals surface area contributed by atoms with Gasteiger partial charge in [-0.05, 0) is 37.1 Å². The van der Waals surface area contributed by atoms with Crippen LogP contribution < -0.4 is 4.74 Å². The van der Waals surface area contributed by atoms with E-state index in [-0.39, 0.29) is 4.90 Å². The molecule has 6 heteroatoms. The molecular weight excluding hydrogens is 348 g/mol. The lowest BCUT2D eigenvalue weighted by Crippen LogP contribution is -2.48. The summed E-state index contributed by atoms with van der Waals surface area (Å²) in [5, 5.41) is 0. The van der Waals surface area contributed by atoms with Crippen molar-refractivity contribution in [2.45, 2.75) is 25.3 Å². The maximum atomic E-state index is 13.0. The van der Waals surface area contributed by atoms with Gasteiger partial charge in [0.1, 0.15) is 10.6 Å². The SMILES string of the molecule is COc1ccc(C)cc1S(=O)(=O)N1CCN(Cc2ccc(C)cc2)CC1. The van der Waals surface area contributed by atoms with E-state index in [2.05, 4.69) is 36.1 Å². The van der Waals surface area contributed by atoms with Gasteiger partial charge in [0.25, 0.3) is 0 Å². The lowest BCUT2D eigenvalue weighted by Gasteiger charge is -2.34. The number of piperazine rings is 1. The van der Waals surface area contributed by atoms with E-state index >= 15 is 0 Å². The van der Waals surface area contributed by atoms with Crippen LogP contribution in [0.3, 0.4) is 0 Å². The number of sulfonamides is 1. The van der Waals surface area contributed by atoms with Crippen molar-refractivity contribution in [2.75, 3.05) is 33.3 Å². The molecule has 2 aromatic rings. The second-order valence-corrected chi connectivity index (χ2v) is 8.73. The van der Waals surface area contributed by atoms with Crippen LogP contribution in [0, 0.1) is 13.8 Å². The van der Waals surface area contributed by atoms with Crippen LogP contribution >= 0.6 is 0 Å². The van der Waals surface area contributed by atoms with Crippen molar-refractivity contribution >= 4 is 10.0 Å². The molecule has 1 fully saturated rings. The summed E-state index contributed by atoms with van der Waals surface area (Å²) in [7, 11) is -2.04. The molecule has 1 saturated heterocycles. The average Bonchev–Trinajstić information content (AvgIpc) is 2.64. The first-order chi connectivity index (χ1) is 12.4. The van der Waals surface area contributed by atoms with Crippen molar-refractivity contribution < 1.29 is 13.2 Å². The third-order valence-corrected chi connectivity index (χ3v) is 6.71. The van der Waals surface area contributed by atoms with E-state index < -0.39 is 10.0 Å². The molecule has 2 aromatic carbocycles. The number of hydrogen-bond donors (Lipinski definition) is 0. The van der Waals surface area contributed by atoms with Crippen LogP contribution in [0.2, 0.25) is 0 Å². The number of nitrogens with zero attached hydrogens (tertiary/aromatic N) is 2. The molecule has 0 atom stereocenters. The van der Waals surface area contributed by atoms with E-state index in [1.807, 2.05) is 13.0 Å². The quantitative estimate of drug-likeness (QED) is 0.808. The highest BCUT2D eigenvalue weighted by molar-refractivity contribution is 7.89. The largest absolute Gasteiger partial charge is 0.495 e. The topological polar surface area (TPSA) is 49.9 Å². The van der Waals surface area contributed by atoms with Crippen LogP contribution in [-0.2, 0) is 16.6 Å². The van der Waals surface area contributed by atoms with Gasteiger partial charge in [0.15, 0.2) is 0 Å². The lowest BCUT2D eigenvalue weighted by molar-refractivity contribution is 0.181. The van der Waals surface area contributed by atoms with Gasteiger partial charge < -0.3 is 4.74 Å². The van der Waals surface area contributed by atoms with Crippen LogP contribution in [0.4, 0.5) is 0 Å². The molecule has 0 bridgehead atoms. The Hall–Kier alpha value is -1.89. The van der Waals surface area contributed by atoms with Gasteiger partial charge in [0.05, 0.1) is 7.11 Å². The van der Waals surface area contributed by atoms with Crippen LogP contribution in [0.1, 0.15) is 16.7 Å². The fourth-order valence-corrected chi connectivity index (χ4v) is 4.87. The maximum Gasteiger partial charge on any atom is 0.246 e. The van der Waals surface area contributed by atoms with Crippen molar-refractivity contribution in [3.05, 3.63) is 59.2 Å². The van der Waals surface area contributed by atoms with Crippen LogP contribution in [0.5, 0.6) is 5.75 Å². The molecule has 0 aliphatic carbocycles. The van der Waals surface area contributed by atoms with Crippen LogP contribution in [-0.4, -0.2) is 50.9 Å². The zero-order valence-electron chi connectivity index (χ0n) is 15.6. The minimum atomic E-state index is -3.55. The molecule has 0 amide bonds. The maximum absolute atomic E-state index is 13.0. The molecule has 140 valence electrons. The van der Waals surface area contributed by atoms with E-state index in [1.54, 1.807) is 16.4 Å². The summed E-state index contributed by atoms with van der Waals surface area (Å²) in [5.41, 5.74) is 3.41. The van der Waals surface area contributed by atoms with Gasteiger partial charge in [0, 0.05) is 32.7 Å². The Bertz CT molecular complexity index is 855. The van der Waals surface area contributed by atoms with Gasteiger partial charge in [-0.25, -0.2) is 8.42 Å². The molecule has 26 heavy (non-hydrogen) atoms. The minimum absolute atomic E-state index is 0.256. The Morgan fingerprint density at radius 3 is 2.15 bits per heavy atom. The first kappa shape index (κ1) is 18.9. The van der Waals surface area contributed by atoms with Gasteiger partial charge in [-0.2, -0.15) is 4.31 Å². The Balaban J connectivity index is 1.69. The first-order valence-electron chi connectivity index (χ1n) is 8.83. The summed E-state index contributed by atoms with van der Waals surface area (Å²) in [4.78, 5) is 2.55. The smallest absolute Gasteiger partial charge is 0.246 e. The molecule has 0 N–H and O–H groups in total. The Morgan fingerprint density at radius 1 is 0.923 bits per heavy atom. The third-order valence-electron chi connectivity index (χ3n) is 4.79. The summed E-state index contributed by atoms with van der Waals surface area (Å²) in [6, 6.07) is 13.8. The summed E-state index contributed by atoms with van der Waals surface area (Å²) in [5.74, 6) is 0.401. The predicted molar refractivity (Wildman–Crippen MR) is 103 cm³/mol.